The van der Waals surface area contributed by atoms with Gasteiger partial charge >= 0.3 is 0 Å². The minimum atomic E-state index is 0.742. The monoisotopic (exact) mass is 191 g/mol. The number of nitrogens with two attached hydrogens (primary N) is 1. The van der Waals surface area contributed by atoms with Crippen LogP contribution in [-0.2, 0) is 13.5 Å². The van der Waals surface area contributed by atoms with E-state index in [-0.39, 0.29) is 0 Å². The molecule has 76 valence electrons. The lowest BCUT2D eigenvalue weighted by atomic mass is 10.2. The van der Waals surface area contributed by atoms with E-state index in [1.165, 1.54) is 0 Å². The van der Waals surface area contributed by atoms with Crippen LogP contribution in [0.25, 0.3) is 0 Å². The molecule has 0 aliphatic heterocycles. The van der Waals surface area contributed by atoms with Gasteiger partial charge in [-0.25, -0.2) is 4.98 Å². The third-order valence-corrected chi connectivity index (χ3v) is 2.05. The first kappa shape index (κ1) is 10.8. The molecule has 0 aliphatic carbocycles. The fourth-order valence-corrected chi connectivity index (χ4v) is 1.15. The summed E-state index contributed by atoms with van der Waals surface area (Å²) < 4.78 is 1.99. The average Bonchev–Trinajstić information content (AvgIpc) is 2.58. The molecular formula is C11H17N3. The highest BCUT2D eigenvalue weighted by molar-refractivity contribution is 5.07. The Labute approximate surface area is 85.3 Å². The largest absolute Gasteiger partial charge is 0.337 e. The Morgan fingerprint density at radius 2 is 2.29 bits per heavy atom. The SMILES string of the molecule is Cn1ccnc1CC#CCCCCN. The zero-order chi connectivity index (χ0) is 10.2. The van der Waals surface area contributed by atoms with Gasteiger partial charge in [0.2, 0.25) is 0 Å². The van der Waals surface area contributed by atoms with E-state index in [2.05, 4.69) is 16.8 Å². The van der Waals surface area contributed by atoms with Crippen LogP contribution < -0.4 is 5.73 Å². The molecule has 0 aliphatic rings. The van der Waals surface area contributed by atoms with E-state index in [0.29, 0.717) is 0 Å². The zero-order valence-electron chi connectivity index (χ0n) is 8.66. The number of hydrogen-bond donors (Lipinski definition) is 1. The van der Waals surface area contributed by atoms with Crippen molar-refractivity contribution in [3.8, 4) is 11.8 Å². The highest BCUT2D eigenvalue weighted by Crippen LogP contribution is 1.95. The van der Waals surface area contributed by atoms with Crippen molar-refractivity contribution in [1.82, 2.24) is 9.55 Å². The Balaban J connectivity index is 2.23. The van der Waals surface area contributed by atoms with E-state index in [0.717, 1.165) is 38.1 Å². The smallest absolute Gasteiger partial charge is 0.120 e. The number of aryl methyl sites for hydroxylation is 1. The van der Waals surface area contributed by atoms with Gasteiger partial charge in [0, 0.05) is 25.9 Å². The minimum Gasteiger partial charge on any atom is -0.337 e. The Bertz CT molecular complexity index is 317. The van der Waals surface area contributed by atoms with Crippen molar-refractivity contribution in [3.05, 3.63) is 18.2 Å². The van der Waals surface area contributed by atoms with Gasteiger partial charge in [-0.1, -0.05) is 5.92 Å². The van der Waals surface area contributed by atoms with E-state index < -0.39 is 0 Å². The van der Waals surface area contributed by atoms with Crippen molar-refractivity contribution < 1.29 is 0 Å². The van der Waals surface area contributed by atoms with Crippen molar-refractivity contribution in [2.45, 2.75) is 25.7 Å². The molecular weight excluding hydrogens is 174 g/mol. The molecule has 0 spiro atoms. The standard InChI is InChI=1S/C11H17N3/c1-14-10-9-13-11(14)7-5-3-2-4-6-8-12/h9-10H,2,4,6-8,12H2,1H3. The predicted molar refractivity (Wildman–Crippen MR) is 57.6 cm³/mol. The molecule has 0 saturated carbocycles. The molecule has 0 radical (unpaired) electrons. The molecule has 0 saturated heterocycles. The van der Waals surface area contributed by atoms with Crippen molar-refractivity contribution >= 4 is 0 Å². The van der Waals surface area contributed by atoms with Crippen LogP contribution in [0.15, 0.2) is 12.4 Å². The molecule has 0 unspecified atom stereocenters. The van der Waals surface area contributed by atoms with E-state index in [1.54, 1.807) is 6.20 Å². The molecule has 1 rings (SSSR count). The number of unbranched alkanes of at least 4 members (excludes halogenated alkanes) is 2. The Morgan fingerprint density at radius 1 is 1.43 bits per heavy atom. The molecule has 1 aromatic heterocycles. The van der Waals surface area contributed by atoms with Crippen LogP contribution in [0, 0.1) is 11.8 Å². The maximum Gasteiger partial charge on any atom is 0.120 e. The number of aromatic nitrogens is 2. The summed E-state index contributed by atoms with van der Waals surface area (Å²) in [5.41, 5.74) is 5.38. The molecule has 0 fully saturated rings. The number of hydrogen-bond acceptors (Lipinski definition) is 2. The van der Waals surface area contributed by atoms with Crippen molar-refractivity contribution in [2.24, 2.45) is 12.8 Å². The second-order valence-corrected chi connectivity index (χ2v) is 3.23. The van der Waals surface area contributed by atoms with Crippen LogP contribution in [0.3, 0.4) is 0 Å². The molecule has 1 heterocycles. The first-order valence-electron chi connectivity index (χ1n) is 4.96. The molecule has 0 aromatic carbocycles. The summed E-state index contributed by atoms with van der Waals surface area (Å²) in [6.07, 6.45) is 7.59. The maximum atomic E-state index is 5.38. The quantitative estimate of drug-likeness (QED) is 0.572. The molecule has 0 atom stereocenters. The number of imidazole rings is 1. The van der Waals surface area contributed by atoms with Gasteiger partial charge in [-0.05, 0) is 19.4 Å². The number of rotatable bonds is 4. The maximum absolute atomic E-state index is 5.38. The minimum absolute atomic E-state index is 0.742. The van der Waals surface area contributed by atoms with Gasteiger partial charge in [-0.3, -0.25) is 0 Å². The fraction of sp³-hybridized carbons (Fsp3) is 0.545. The van der Waals surface area contributed by atoms with Crippen molar-refractivity contribution in [2.75, 3.05) is 6.54 Å². The average molecular weight is 191 g/mol. The normalized spacial score (nSPS) is 9.57. The topological polar surface area (TPSA) is 43.8 Å². The predicted octanol–water partition coefficient (Wildman–Crippen LogP) is 1.09. The van der Waals surface area contributed by atoms with Gasteiger partial charge < -0.3 is 10.3 Å². The van der Waals surface area contributed by atoms with E-state index in [4.69, 9.17) is 5.73 Å². The molecule has 2 N–H and O–H groups in total. The number of nitrogens with zero attached hydrogens (tertiary/aromatic N) is 2. The molecule has 0 bridgehead atoms. The second-order valence-electron chi connectivity index (χ2n) is 3.23. The summed E-state index contributed by atoms with van der Waals surface area (Å²) in [5.74, 6) is 7.26. The summed E-state index contributed by atoms with van der Waals surface area (Å²) >= 11 is 0. The summed E-state index contributed by atoms with van der Waals surface area (Å²) in [7, 11) is 1.98. The summed E-state index contributed by atoms with van der Waals surface area (Å²) in [6, 6.07) is 0. The summed E-state index contributed by atoms with van der Waals surface area (Å²) in [6.45, 7) is 0.765. The lowest BCUT2D eigenvalue weighted by Gasteiger charge is -1.94. The first-order chi connectivity index (χ1) is 6.84. The van der Waals surface area contributed by atoms with Crippen LogP contribution >= 0.6 is 0 Å². The van der Waals surface area contributed by atoms with Crippen LogP contribution in [0.2, 0.25) is 0 Å². The van der Waals surface area contributed by atoms with Crippen molar-refractivity contribution in [1.29, 1.82) is 0 Å². The zero-order valence-corrected chi connectivity index (χ0v) is 8.66. The molecule has 1 aromatic rings. The third-order valence-electron chi connectivity index (χ3n) is 2.05. The lowest BCUT2D eigenvalue weighted by Crippen LogP contribution is -1.97. The van der Waals surface area contributed by atoms with E-state index in [1.807, 2.05) is 17.8 Å². The van der Waals surface area contributed by atoms with Gasteiger partial charge in [-0.15, -0.1) is 5.92 Å². The Kier molecular flexibility index (Phi) is 4.81. The molecule has 0 amide bonds. The van der Waals surface area contributed by atoms with E-state index >= 15 is 0 Å². The molecule has 3 heteroatoms. The van der Waals surface area contributed by atoms with Crippen molar-refractivity contribution in [3.63, 3.8) is 0 Å². The first-order valence-corrected chi connectivity index (χ1v) is 4.96. The van der Waals surface area contributed by atoms with Gasteiger partial charge in [0.25, 0.3) is 0 Å². The van der Waals surface area contributed by atoms with Gasteiger partial charge in [0.05, 0.1) is 6.42 Å². The van der Waals surface area contributed by atoms with Gasteiger partial charge in [-0.2, -0.15) is 0 Å². The van der Waals surface area contributed by atoms with Crippen LogP contribution in [0.1, 0.15) is 25.1 Å². The summed E-state index contributed by atoms with van der Waals surface area (Å²) in [4.78, 5) is 4.19. The highest BCUT2D eigenvalue weighted by atomic mass is 15.0. The lowest BCUT2D eigenvalue weighted by molar-refractivity contribution is 0.767. The molecule has 3 nitrogen and oxygen atoms in total. The second kappa shape index (κ2) is 6.22. The Hall–Kier alpha value is -1.27. The van der Waals surface area contributed by atoms with Gasteiger partial charge in [0.1, 0.15) is 5.82 Å². The van der Waals surface area contributed by atoms with Gasteiger partial charge in [0.15, 0.2) is 0 Å². The van der Waals surface area contributed by atoms with Crippen LogP contribution in [0.5, 0.6) is 0 Å². The van der Waals surface area contributed by atoms with Crippen LogP contribution in [0.4, 0.5) is 0 Å². The van der Waals surface area contributed by atoms with Crippen LogP contribution in [-0.4, -0.2) is 16.1 Å². The third kappa shape index (κ3) is 3.63. The fourth-order valence-electron chi connectivity index (χ4n) is 1.15. The molecule has 14 heavy (non-hydrogen) atoms. The van der Waals surface area contributed by atoms with E-state index in [9.17, 15) is 0 Å². The highest BCUT2D eigenvalue weighted by Gasteiger charge is 1.93. The Morgan fingerprint density at radius 3 is 2.93 bits per heavy atom. The summed E-state index contributed by atoms with van der Waals surface area (Å²) in [5, 5.41) is 0.